The van der Waals surface area contributed by atoms with Crippen LogP contribution in [0.1, 0.15) is 12.0 Å². The zero-order valence-corrected chi connectivity index (χ0v) is 20.1. The minimum atomic E-state index is -4.12. The molecule has 12 heteroatoms. The minimum Gasteiger partial charge on any atom is -0.276 e. The van der Waals surface area contributed by atoms with Crippen LogP contribution in [0.15, 0.2) is 70.6 Å². The van der Waals surface area contributed by atoms with Crippen LogP contribution >= 0.6 is 12.6 Å². The number of aryl methyl sites for hydroxylation is 1. The van der Waals surface area contributed by atoms with E-state index in [4.69, 9.17) is 0 Å². The molecule has 2 N–H and O–H groups in total. The standard InChI is InChI=1S/C21H22N4O5S3/c1-14-7-9-17(10-8-14)32(27,28)24-23-21(26)18-12-16(31)13-25(18)33(29,30)19-6-2-4-15-5-3-11-22-20(15)19/h2-11,16,18,24,31H,12-13H2,1H3,(H,23,26)/t16-,18+/m1/s1. The number of hydrogen-bond donors (Lipinski definition) is 3. The summed E-state index contributed by atoms with van der Waals surface area (Å²) in [4.78, 5) is 19.1. The number of aromatic nitrogens is 1. The second-order valence-corrected chi connectivity index (χ2v) is 12.0. The number of para-hydroxylation sites is 1. The summed E-state index contributed by atoms with van der Waals surface area (Å²) in [6.07, 6.45) is 1.62. The third-order valence-electron chi connectivity index (χ3n) is 5.36. The SMILES string of the molecule is Cc1ccc(S(=O)(=O)NNC(=O)[C@@H]2C[C@@H](S)CN2S(=O)(=O)c2cccc3cccnc23)cc1. The summed E-state index contributed by atoms with van der Waals surface area (Å²) in [5.41, 5.74) is 3.33. The Balaban J connectivity index is 1.58. The molecule has 4 rings (SSSR count). The summed E-state index contributed by atoms with van der Waals surface area (Å²) in [7, 11) is -8.15. The van der Waals surface area contributed by atoms with Gasteiger partial charge in [0, 0.05) is 23.4 Å². The van der Waals surface area contributed by atoms with Crippen LogP contribution < -0.4 is 10.3 Å². The highest BCUT2D eigenvalue weighted by Crippen LogP contribution is 2.31. The van der Waals surface area contributed by atoms with Crippen LogP contribution in [-0.2, 0) is 24.8 Å². The monoisotopic (exact) mass is 506 g/mol. The Hall–Kier alpha value is -2.51. The molecule has 3 aromatic rings. The number of carbonyl (C=O) groups is 1. The predicted molar refractivity (Wildman–Crippen MR) is 126 cm³/mol. The maximum Gasteiger partial charge on any atom is 0.257 e. The quantitative estimate of drug-likeness (QED) is 0.345. The van der Waals surface area contributed by atoms with E-state index in [1.165, 1.54) is 24.4 Å². The summed E-state index contributed by atoms with van der Waals surface area (Å²) in [6.45, 7) is 1.82. The van der Waals surface area contributed by atoms with Gasteiger partial charge in [-0.1, -0.05) is 35.9 Å². The normalized spacial score (nSPS) is 19.6. The lowest BCUT2D eigenvalue weighted by atomic mass is 10.2. The van der Waals surface area contributed by atoms with Gasteiger partial charge in [-0.25, -0.2) is 16.8 Å². The number of benzene rings is 2. The third-order valence-corrected chi connectivity index (χ3v) is 8.90. The van der Waals surface area contributed by atoms with Gasteiger partial charge >= 0.3 is 0 Å². The topological polar surface area (TPSA) is 126 Å². The van der Waals surface area contributed by atoms with Gasteiger partial charge in [-0.3, -0.25) is 15.2 Å². The number of hydrazine groups is 1. The van der Waals surface area contributed by atoms with Crippen molar-refractivity contribution in [2.75, 3.05) is 6.54 Å². The van der Waals surface area contributed by atoms with Gasteiger partial charge in [0.1, 0.15) is 10.9 Å². The first-order valence-electron chi connectivity index (χ1n) is 10.0. The van der Waals surface area contributed by atoms with E-state index < -0.39 is 37.2 Å². The van der Waals surface area contributed by atoms with Crippen molar-refractivity contribution in [2.24, 2.45) is 0 Å². The van der Waals surface area contributed by atoms with E-state index in [1.54, 1.807) is 36.4 Å². The fourth-order valence-corrected chi connectivity index (χ4v) is 6.82. The van der Waals surface area contributed by atoms with Crippen molar-refractivity contribution in [1.82, 2.24) is 19.5 Å². The highest BCUT2D eigenvalue weighted by atomic mass is 32.2. The number of amides is 1. The molecule has 1 saturated heterocycles. The number of thiol groups is 1. The van der Waals surface area contributed by atoms with Gasteiger partial charge < -0.3 is 0 Å². The van der Waals surface area contributed by atoms with Crippen LogP contribution in [0.2, 0.25) is 0 Å². The molecule has 1 aromatic heterocycles. The van der Waals surface area contributed by atoms with E-state index in [2.05, 4.69) is 23.0 Å². The van der Waals surface area contributed by atoms with Crippen LogP contribution in [0.3, 0.4) is 0 Å². The molecule has 0 radical (unpaired) electrons. The van der Waals surface area contributed by atoms with E-state index >= 15 is 0 Å². The van der Waals surface area contributed by atoms with Crippen LogP contribution in [0.5, 0.6) is 0 Å². The van der Waals surface area contributed by atoms with Gasteiger partial charge in [-0.05, 0) is 37.6 Å². The highest BCUT2D eigenvalue weighted by Gasteiger charge is 2.43. The minimum absolute atomic E-state index is 0.00252. The first kappa shape index (κ1) is 23.6. The molecule has 174 valence electrons. The van der Waals surface area contributed by atoms with Crippen molar-refractivity contribution in [3.8, 4) is 0 Å². The van der Waals surface area contributed by atoms with E-state index in [0.29, 0.717) is 10.9 Å². The molecular weight excluding hydrogens is 484 g/mol. The Kier molecular flexibility index (Phi) is 6.47. The summed E-state index contributed by atoms with van der Waals surface area (Å²) >= 11 is 4.37. The third kappa shape index (κ3) is 4.75. The zero-order valence-electron chi connectivity index (χ0n) is 17.5. The van der Waals surface area contributed by atoms with Gasteiger partial charge in [-0.15, -0.1) is 4.83 Å². The summed E-state index contributed by atoms with van der Waals surface area (Å²) < 4.78 is 53.0. The van der Waals surface area contributed by atoms with E-state index in [1.807, 2.05) is 11.8 Å². The van der Waals surface area contributed by atoms with Crippen LogP contribution in [0.25, 0.3) is 10.9 Å². The molecule has 2 atom stereocenters. The first-order valence-corrected chi connectivity index (χ1v) is 13.5. The molecular formula is C21H22N4O5S3. The van der Waals surface area contributed by atoms with E-state index in [-0.39, 0.29) is 22.8 Å². The Bertz CT molecular complexity index is 1400. The van der Waals surface area contributed by atoms with Gasteiger partial charge in [0.25, 0.3) is 15.9 Å². The lowest BCUT2D eigenvalue weighted by molar-refractivity contribution is -0.124. The van der Waals surface area contributed by atoms with Crippen molar-refractivity contribution in [3.63, 3.8) is 0 Å². The van der Waals surface area contributed by atoms with Gasteiger partial charge in [0.05, 0.1) is 10.4 Å². The molecule has 1 aliphatic heterocycles. The number of pyridine rings is 1. The maximum absolute atomic E-state index is 13.5. The fraction of sp³-hybridized carbons (Fsp3) is 0.238. The number of nitrogens with one attached hydrogen (secondary N) is 2. The fourth-order valence-electron chi connectivity index (χ4n) is 3.68. The molecule has 0 bridgehead atoms. The van der Waals surface area contributed by atoms with Crippen molar-refractivity contribution < 1.29 is 21.6 Å². The first-order chi connectivity index (χ1) is 15.6. The van der Waals surface area contributed by atoms with Crippen molar-refractivity contribution >= 4 is 49.5 Å². The number of carbonyl (C=O) groups excluding carboxylic acids is 1. The van der Waals surface area contributed by atoms with Crippen LogP contribution in [0, 0.1) is 6.92 Å². The Morgan fingerprint density at radius 2 is 1.76 bits per heavy atom. The Labute approximate surface area is 197 Å². The van der Waals surface area contributed by atoms with Crippen LogP contribution in [0.4, 0.5) is 0 Å². The molecule has 0 spiro atoms. The Morgan fingerprint density at radius 3 is 2.48 bits per heavy atom. The average molecular weight is 507 g/mol. The van der Waals surface area contributed by atoms with Gasteiger partial charge in [0.15, 0.2) is 0 Å². The van der Waals surface area contributed by atoms with E-state index in [0.717, 1.165) is 9.87 Å². The predicted octanol–water partition coefficient (Wildman–Crippen LogP) is 1.61. The number of sulfonamides is 2. The summed E-state index contributed by atoms with van der Waals surface area (Å²) in [5, 5.41) is 0.249. The molecule has 0 saturated carbocycles. The molecule has 2 heterocycles. The molecule has 1 fully saturated rings. The maximum atomic E-state index is 13.5. The number of nitrogens with zero attached hydrogens (tertiary/aromatic N) is 2. The highest BCUT2D eigenvalue weighted by molar-refractivity contribution is 7.89. The second-order valence-electron chi connectivity index (χ2n) is 7.72. The van der Waals surface area contributed by atoms with Gasteiger partial charge in [-0.2, -0.15) is 16.9 Å². The molecule has 0 unspecified atom stereocenters. The van der Waals surface area contributed by atoms with Crippen molar-refractivity contribution in [1.29, 1.82) is 0 Å². The molecule has 33 heavy (non-hydrogen) atoms. The smallest absolute Gasteiger partial charge is 0.257 e. The lowest BCUT2D eigenvalue weighted by Gasteiger charge is -2.23. The molecule has 9 nitrogen and oxygen atoms in total. The van der Waals surface area contributed by atoms with Gasteiger partial charge in [0.2, 0.25) is 10.0 Å². The largest absolute Gasteiger partial charge is 0.276 e. The molecule has 2 aromatic carbocycles. The van der Waals surface area contributed by atoms with E-state index in [9.17, 15) is 21.6 Å². The number of hydrogen-bond acceptors (Lipinski definition) is 7. The lowest BCUT2D eigenvalue weighted by Crippen LogP contribution is -2.51. The van der Waals surface area contributed by atoms with Crippen molar-refractivity contribution in [2.45, 2.75) is 34.4 Å². The second kappa shape index (κ2) is 9.03. The van der Waals surface area contributed by atoms with Crippen LogP contribution in [-0.4, -0.2) is 49.9 Å². The summed E-state index contributed by atoms with van der Waals surface area (Å²) in [6, 6.07) is 13.2. The number of fused-ring (bicyclic) bond motifs is 1. The van der Waals surface area contributed by atoms with Crippen molar-refractivity contribution in [3.05, 3.63) is 66.4 Å². The average Bonchev–Trinajstić information content (AvgIpc) is 3.20. The molecule has 0 aliphatic carbocycles. The molecule has 1 amide bonds. The zero-order chi connectivity index (χ0) is 23.8. The molecule has 1 aliphatic rings. The number of rotatable bonds is 6. The Morgan fingerprint density at radius 1 is 1.06 bits per heavy atom. The summed E-state index contributed by atoms with van der Waals surface area (Å²) in [5.74, 6) is -0.793.